The van der Waals surface area contributed by atoms with E-state index in [4.69, 9.17) is 17.3 Å². The number of benzene rings is 2. The number of allylic oxidation sites excluding steroid dienone is 2. The zero-order chi connectivity index (χ0) is 23.1. The van der Waals surface area contributed by atoms with Crippen molar-refractivity contribution >= 4 is 28.9 Å². The van der Waals surface area contributed by atoms with Crippen LogP contribution in [0.15, 0.2) is 77.8 Å². The van der Waals surface area contributed by atoms with Gasteiger partial charge in [-0.15, -0.1) is 0 Å². The zero-order valence-corrected chi connectivity index (χ0v) is 17.4. The number of halogens is 4. The molecule has 6 nitrogen and oxygen atoms in total. The Morgan fingerprint density at radius 3 is 2.47 bits per heavy atom. The molecule has 166 valence electrons. The molecular formula is C22H19ClF3N5O. The van der Waals surface area contributed by atoms with Crippen LogP contribution >= 0.6 is 11.6 Å². The number of nitrogens with one attached hydrogen (secondary N) is 2. The van der Waals surface area contributed by atoms with E-state index < -0.39 is 11.9 Å². The number of nitrogens with two attached hydrogens (primary N) is 1. The average molecular weight is 462 g/mol. The molecule has 0 bridgehead atoms. The van der Waals surface area contributed by atoms with Crippen molar-refractivity contribution < 1.29 is 18.0 Å². The summed E-state index contributed by atoms with van der Waals surface area (Å²) in [5, 5.41) is 3.05. The average Bonchev–Trinajstić information content (AvgIpc) is 3.27. The number of nitrogens with zero attached hydrogens (tertiary/aromatic N) is 2. The van der Waals surface area contributed by atoms with Gasteiger partial charge in [-0.1, -0.05) is 35.9 Å². The predicted molar refractivity (Wildman–Crippen MR) is 117 cm³/mol. The van der Waals surface area contributed by atoms with Crippen molar-refractivity contribution in [2.45, 2.75) is 12.6 Å². The number of carbonyl (C=O) groups excluding carboxylic acids is 1. The molecule has 4 N–H and O–H groups in total. The number of rotatable bonds is 7. The molecule has 1 amide bonds. The molecule has 0 radical (unpaired) electrons. The third-order valence-electron chi connectivity index (χ3n) is 4.39. The molecule has 0 spiro atoms. The number of para-hydroxylation sites is 1. The van der Waals surface area contributed by atoms with Gasteiger partial charge in [0.25, 0.3) is 5.91 Å². The molecule has 0 saturated heterocycles. The molecule has 0 fully saturated rings. The highest BCUT2D eigenvalue weighted by atomic mass is 35.5. The van der Waals surface area contributed by atoms with Crippen LogP contribution in [0.5, 0.6) is 0 Å². The van der Waals surface area contributed by atoms with Crippen LogP contribution in [0.4, 0.5) is 18.9 Å². The van der Waals surface area contributed by atoms with Crippen LogP contribution in [-0.4, -0.2) is 34.3 Å². The van der Waals surface area contributed by atoms with Crippen molar-refractivity contribution in [1.29, 1.82) is 0 Å². The van der Waals surface area contributed by atoms with Gasteiger partial charge < -0.3 is 16.0 Å². The SMILES string of the molecule is NC(=CC(=Nc1ccccc1Cl)c1ccc(C(=O)NCCc2cnc[nH]2)cc1)C(F)(F)F. The second-order valence-electron chi connectivity index (χ2n) is 6.71. The minimum atomic E-state index is -4.71. The maximum absolute atomic E-state index is 13.0. The third-order valence-corrected chi connectivity index (χ3v) is 4.71. The van der Waals surface area contributed by atoms with Gasteiger partial charge in [0.1, 0.15) is 5.70 Å². The third kappa shape index (κ3) is 6.21. The number of hydrogen-bond donors (Lipinski definition) is 3. The molecular weight excluding hydrogens is 443 g/mol. The second kappa shape index (κ2) is 10.1. The van der Waals surface area contributed by atoms with Gasteiger partial charge in [-0.2, -0.15) is 13.2 Å². The molecule has 1 aromatic heterocycles. The van der Waals surface area contributed by atoms with Crippen molar-refractivity contribution in [3.63, 3.8) is 0 Å². The maximum atomic E-state index is 13.0. The first-order valence-corrected chi connectivity index (χ1v) is 9.85. The van der Waals surface area contributed by atoms with Gasteiger partial charge in [0.05, 0.1) is 22.7 Å². The summed E-state index contributed by atoms with van der Waals surface area (Å²) >= 11 is 6.09. The van der Waals surface area contributed by atoms with Crippen molar-refractivity contribution in [2.75, 3.05) is 6.54 Å². The molecule has 10 heteroatoms. The lowest BCUT2D eigenvalue weighted by atomic mass is 10.1. The molecule has 0 unspecified atom stereocenters. The normalized spacial score (nSPS) is 12.6. The molecule has 3 aromatic rings. The molecule has 0 saturated carbocycles. The monoisotopic (exact) mass is 461 g/mol. The number of aromatic nitrogens is 2. The number of amides is 1. The van der Waals surface area contributed by atoms with Crippen LogP contribution in [0.2, 0.25) is 5.02 Å². The van der Waals surface area contributed by atoms with E-state index >= 15 is 0 Å². The van der Waals surface area contributed by atoms with E-state index in [-0.39, 0.29) is 22.3 Å². The van der Waals surface area contributed by atoms with E-state index in [0.29, 0.717) is 24.1 Å². The lowest BCUT2D eigenvalue weighted by Crippen LogP contribution is -2.25. The standard InChI is InChI=1S/C22H19ClF3N5O/c23-17-3-1-2-4-18(17)31-19(11-20(27)22(24,25)26)14-5-7-15(8-6-14)21(32)29-10-9-16-12-28-13-30-16/h1-8,11-13H,9-10,27H2,(H,28,30)(H,29,32). The Kier molecular flexibility index (Phi) is 7.32. The van der Waals surface area contributed by atoms with Crippen molar-refractivity contribution in [1.82, 2.24) is 15.3 Å². The minimum absolute atomic E-state index is 0.0425. The largest absolute Gasteiger partial charge is 0.430 e. The number of aliphatic imine (C=N–C) groups is 1. The van der Waals surface area contributed by atoms with E-state index in [2.05, 4.69) is 20.3 Å². The summed E-state index contributed by atoms with van der Waals surface area (Å²) in [7, 11) is 0. The van der Waals surface area contributed by atoms with Gasteiger partial charge in [-0.25, -0.2) is 9.98 Å². The van der Waals surface area contributed by atoms with E-state index in [9.17, 15) is 18.0 Å². The number of imidazole rings is 1. The molecule has 1 heterocycles. The summed E-state index contributed by atoms with van der Waals surface area (Å²) in [5.41, 5.74) is 5.72. The summed E-state index contributed by atoms with van der Waals surface area (Å²) in [4.78, 5) is 23.4. The molecule has 0 aliphatic carbocycles. The number of hydrogen-bond acceptors (Lipinski definition) is 4. The Morgan fingerprint density at radius 2 is 1.84 bits per heavy atom. The van der Waals surface area contributed by atoms with Gasteiger partial charge in [0, 0.05) is 36.0 Å². The first-order chi connectivity index (χ1) is 15.2. The van der Waals surface area contributed by atoms with Crippen molar-refractivity contribution in [3.05, 3.63) is 94.7 Å². The number of aromatic amines is 1. The predicted octanol–water partition coefficient (Wildman–Crippen LogP) is 4.56. The van der Waals surface area contributed by atoms with Gasteiger partial charge >= 0.3 is 6.18 Å². The molecule has 0 aliphatic rings. The fourth-order valence-corrected chi connectivity index (χ4v) is 2.89. The van der Waals surface area contributed by atoms with Crippen molar-refractivity contribution in [2.24, 2.45) is 10.7 Å². The summed E-state index contributed by atoms with van der Waals surface area (Å²) in [6.07, 6.45) is -0.170. The van der Waals surface area contributed by atoms with Crippen LogP contribution in [0, 0.1) is 0 Å². The van der Waals surface area contributed by atoms with Crippen LogP contribution in [0.1, 0.15) is 21.6 Å². The van der Waals surface area contributed by atoms with Gasteiger partial charge in [-0.3, -0.25) is 4.79 Å². The lowest BCUT2D eigenvalue weighted by Gasteiger charge is -2.10. The Hall–Kier alpha value is -3.59. The molecule has 2 aromatic carbocycles. The smallest absolute Gasteiger partial charge is 0.395 e. The summed E-state index contributed by atoms with van der Waals surface area (Å²) in [5.74, 6) is -0.314. The number of H-pyrrole nitrogens is 1. The number of alkyl halides is 3. The molecule has 0 aliphatic heterocycles. The van der Waals surface area contributed by atoms with Gasteiger partial charge in [0.2, 0.25) is 0 Å². The van der Waals surface area contributed by atoms with Gasteiger partial charge in [0.15, 0.2) is 0 Å². The summed E-state index contributed by atoms with van der Waals surface area (Å²) in [6, 6.07) is 12.5. The highest BCUT2D eigenvalue weighted by Crippen LogP contribution is 2.27. The Bertz CT molecular complexity index is 1120. The quantitative estimate of drug-likeness (QED) is 0.450. The highest BCUT2D eigenvalue weighted by Gasteiger charge is 2.31. The van der Waals surface area contributed by atoms with E-state index in [1.54, 1.807) is 36.8 Å². The van der Waals surface area contributed by atoms with Gasteiger partial charge in [-0.05, 0) is 30.3 Å². The van der Waals surface area contributed by atoms with E-state index in [0.717, 1.165) is 11.8 Å². The van der Waals surface area contributed by atoms with Crippen LogP contribution in [0.3, 0.4) is 0 Å². The van der Waals surface area contributed by atoms with E-state index in [1.807, 2.05) is 0 Å². The zero-order valence-electron chi connectivity index (χ0n) is 16.7. The Morgan fingerprint density at radius 1 is 1.16 bits per heavy atom. The maximum Gasteiger partial charge on any atom is 0.430 e. The molecule has 0 atom stereocenters. The first-order valence-electron chi connectivity index (χ1n) is 9.47. The fraction of sp³-hybridized carbons (Fsp3) is 0.136. The van der Waals surface area contributed by atoms with Crippen LogP contribution in [0.25, 0.3) is 0 Å². The first kappa shape index (κ1) is 23.1. The summed E-state index contributed by atoms with van der Waals surface area (Å²) in [6.45, 7) is 0.396. The Labute approximate surface area is 187 Å². The van der Waals surface area contributed by atoms with Crippen molar-refractivity contribution in [3.8, 4) is 0 Å². The highest BCUT2D eigenvalue weighted by molar-refractivity contribution is 6.33. The minimum Gasteiger partial charge on any atom is -0.395 e. The van der Waals surface area contributed by atoms with Crippen LogP contribution < -0.4 is 11.1 Å². The molecule has 32 heavy (non-hydrogen) atoms. The lowest BCUT2D eigenvalue weighted by molar-refractivity contribution is -0.0925. The van der Waals surface area contributed by atoms with Crippen LogP contribution in [-0.2, 0) is 6.42 Å². The fourth-order valence-electron chi connectivity index (χ4n) is 2.71. The van der Waals surface area contributed by atoms with E-state index in [1.165, 1.54) is 24.3 Å². The molecule has 3 rings (SSSR count). The Balaban J connectivity index is 1.82. The number of carbonyl (C=O) groups is 1. The summed E-state index contributed by atoms with van der Waals surface area (Å²) < 4.78 is 39.0. The second-order valence-corrected chi connectivity index (χ2v) is 7.11. The topological polar surface area (TPSA) is 96.2 Å².